The highest BCUT2D eigenvalue weighted by atomic mass is 19.4. The molecule has 0 saturated carbocycles. The molecule has 7 nitrogen and oxygen atoms in total. The second kappa shape index (κ2) is 6.98. The first-order valence-electron chi connectivity index (χ1n) is 7.53. The fourth-order valence-electron chi connectivity index (χ4n) is 2.39. The molecule has 0 aromatic heterocycles. The predicted molar refractivity (Wildman–Crippen MR) is 85.3 cm³/mol. The molecule has 0 aliphatic carbocycles. The van der Waals surface area contributed by atoms with Crippen LogP contribution in [0.15, 0.2) is 48.5 Å². The van der Waals surface area contributed by atoms with Crippen LogP contribution >= 0.6 is 0 Å². The summed E-state index contributed by atoms with van der Waals surface area (Å²) in [6.07, 6.45) is -5.67. The summed E-state index contributed by atoms with van der Waals surface area (Å²) < 4.78 is 47.7. The molecule has 1 N–H and O–H groups in total. The Labute approximate surface area is 150 Å². The Morgan fingerprint density at radius 2 is 1.67 bits per heavy atom. The Hall–Kier alpha value is -3.56. The number of nitrogens with zero attached hydrogens (tertiary/aromatic N) is 1. The van der Waals surface area contributed by atoms with Crippen LogP contribution in [0.4, 0.5) is 23.7 Å². The minimum absolute atomic E-state index is 0.151. The fraction of sp³-hybridized carbons (Fsp3) is 0.118. The van der Waals surface area contributed by atoms with Crippen LogP contribution in [0.2, 0.25) is 0 Å². The van der Waals surface area contributed by atoms with Crippen LogP contribution in [-0.4, -0.2) is 24.2 Å². The van der Waals surface area contributed by atoms with E-state index < -0.39 is 42.1 Å². The fourth-order valence-corrected chi connectivity index (χ4v) is 2.39. The Bertz CT molecular complexity index is 879. The van der Waals surface area contributed by atoms with Crippen molar-refractivity contribution in [3.63, 3.8) is 0 Å². The molecule has 27 heavy (non-hydrogen) atoms. The van der Waals surface area contributed by atoms with Gasteiger partial charge < -0.3 is 9.47 Å². The van der Waals surface area contributed by atoms with Crippen molar-refractivity contribution in [3.8, 4) is 17.2 Å². The number of nitrogens with one attached hydrogen (secondary N) is 1. The van der Waals surface area contributed by atoms with Gasteiger partial charge in [-0.25, -0.2) is 9.69 Å². The molecule has 1 aliphatic rings. The molecule has 2 aromatic carbocycles. The average Bonchev–Trinajstić information content (AvgIpc) is 2.56. The van der Waals surface area contributed by atoms with E-state index in [9.17, 15) is 27.6 Å². The number of ether oxygens (including phenoxy) is 2. The van der Waals surface area contributed by atoms with Gasteiger partial charge in [0, 0.05) is 0 Å². The molecule has 4 amide bonds. The van der Waals surface area contributed by atoms with E-state index >= 15 is 0 Å². The van der Waals surface area contributed by atoms with Gasteiger partial charge in [-0.05, 0) is 24.3 Å². The first-order valence-corrected chi connectivity index (χ1v) is 7.53. The number of carbonyl (C=O) groups is 3. The lowest BCUT2D eigenvalue weighted by Gasteiger charge is -2.27. The number of barbiturate groups is 1. The maximum atomic E-state index is 12.8. The Kier molecular flexibility index (Phi) is 4.72. The van der Waals surface area contributed by atoms with Gasteiger partial charge in [-0.2, -0.15) is 0 Å². The Morgan fingerprint density at radius 3 is 2.30 bits per heavy atom. The van der Waals surface area contributed by atoms with Gasteiger partial charge in [0.05, 0.1) is 0 Å². The maximum Gasteiger partial charge on any atom is 0.573 e. The van der Waals surface area contributed by atoms with E-state index in [-0.39, 0.29) is 11.4 Å². The molecule has 0 atom stereocenters. The number of urea groups is 1. The first kappa shape index (κ1) is 18.2. The molecule has 140 valence electrons. The lowest BCUT2D eigenvalue weighted by Crippen LogP contribution is -2.53. The van der Waals surface area contributed by atoms with Crippen molar-refractivity contribution >= 4 is 23.5 Å². The van der Waals surface area contributed by atoms with Crippen molar-refractivity contribution < 1.29 is 37.0 Å². The van der Waals surface area contributed by atoms with Crippen molar-refractivity contribution in [3.05, 3.63) is 48.5 Å². The molecule has 10 heteroatoms. The lowest BCUT2D eigenvalue weighted by atomic mass is 10.2. The summed E-state index contributed by atoms with van der Waals surface area (Å²) in [6.45, 7) is 0. The van der Waals surface area contributed by atoms with Gasteiger partial charge in [-0.15, -0.1) is 13.2 Å². The standard InChI is InChI=1S/C17H11F3N2O5/c18-17(19,20)27-12-8-4-7-11(15(12)26-10-5-2-1-3-6-10)22-14(24)9-13(23)21-16(22)25/h1-8H,9H2,(H,21,23,25). The summed E-state index contributed by atoms with van der Waals surface area (Å²) in [5.74, 6) is -2.82. The van der Waals surface area contributed by atoms with Crippen molar-refractivity contribution in [1.82, 2.24) is 5.32 Å². The first-order chi connectivity index (χ1) is 12.7. The van der Waals surface area contributed by atoms with Crippen LogP contribution < -0.4 is 19.7 Å². The summed E-state index contributed by atoms with van der Waals surface area (Å²) >= 11 is 0. The molecule has 0 unspecified atom stereocenters. The molecule has 3 rings (SSSR count). The monoisotopic (exact) mass is 380 g/mol. The average molecular weight is 380 g/mol. The number of carbonyl (C=O) groups excluding carboxylic acids is 3. The second-order valence-corrected chi connectivity index (χ2v) is 5.33. The Morgan fingerprint density at radius 1 is 0.963 bits per heavy atom. The van der Waals surface area contributed by atoms with E-state index in [0.29, 0.717) is 4.90 Å². The van der Waals surface area contributed by atoms with E-state index in [1.165, 1.54) is 18.2 Å². The highest BCUT2D eigenvalue weighted by Gasteiger charge is 2.37. The number of amides is 4. The zero-order valence-electron chi connectivity index (χ0n) is 13.4. The molecule has 1 heterocycles. The van der Waals surface area contributed by atoms with Gasteiger partial charge >= 0.3 is 12.4 Å². The third-order valence-electron chi connectivity index (χ3n) is 3.40. The van der Waals surface area contributed by atoms with Gasteiger partial charge in [0.1, 0.15) is 17.9 Å². The largest absolute Gasteiger partial charge is 0.573 e. The van der Waals surface area contributed by atoms with Gasteiger partial charge in [0.2, 0.25) is 11.8 Å². The molecule has 0 spiro atoms. The van der Waals surface area contributed by atoms with Crippen LogP contribution in [0.25, 0.3) is 0 Å². The van der Waals surface area contributed by atoms with Crippen LogP contribution in [0, 0.1) is 0 Å². The number of benzene rings is 2. The predicted octanol–water partition coefficient (Wildman–Crippen LogP) is 3.35. The molecule has 1 saturated heterocycles. The maximum absolute atomic E-state index is 12.8. The number of para-hydroxylation sites is 2. The van der Waals surface area contributed by atoms with Crippen molar-refractivity contribution in [2.45, 2.75) is 12.8 Å². The van der Waals surface area contributed by atoms with E-state index in [2.05, 4.69) is 4.74 Å². The molecule has 0 bridgehead atoms. The summed E-state index contributed by atoms with van der Waals surface area (Å²) in [7, 11) is 0. The quantitative estimate of drug-likeness (QED) is 0.823. The molecule has 1 aliphatic heterocycles. The molecule has 0 radical (unpaired) electrons. The highest BCUT2D eigenvalue weighted by molar-refractivity contribution is 6.26. The van der Waals surface area contributed by atoms with Crippen LogP contribution in [0.5, 0.6) is 17.2 Å². The summed E-state index contributed by atoms with van der Waals surface area (Å²) in [4.78, 5) is 36.1. The van der Waals surface area contributed by atoms with Gasteiger partial charge in [-0.1, -0.05) is 24.3 Å². The number of hydrogen-bond donors (Lipinski definition) is 1. The Balaban J connectivity index is 2.09. The van der Waals surface area contributed by atoms with Gasteiger partial charge in [-0.3, -0.25) is 14.9 Å². The number of rotatable bonds is 4. The van der Waals surface area contributed by atoms with Gasteiger partial charge in [0.15, 0.2) is 11.5 Å². The third kappa shape index (κ3) is 4.17. The second-order valence-electron chi connectivity index (χ2n) is 5.33. The summed E-state index contributed by atoms with van der Waals surface area (Å²) in [6, 6.07) is 10.0. The zero-order valence-corrected chi connectivity index (χ0v) is 13.4. The minimum atomic E-state index is -5.03. The van der Waals surface area contributed by atoms with Gasteiger partial charge in [0.25, 0.3) is 0 Å². The molecular formula is C17H11F3N2O5. The SMILES string of the molecule is O=C1CC(=O)N(c2cccc(OC(F)(F)F)c2Oc2ccccc2)C(=O)N1. The van der Waals surface area contributed by atoms with Crippen molar-refractivity contribution in [2.24, 2.45) is 0 Å². The van der Waals surface area contributed by atoms with E-state index in [1.807, 2.05) is 5.32 Å². The van der Waals surface area contributed by atoms with Crippen molar-refractivity contribution in [2.75, 3.05) is 4.90 Å². The number of halogens is 3. The number of alkyl halides is 3. The topological polar surface area (TPSA) is 84.9 Å². The van der Waals surface area contributed by atoms with E-state index in [0.717, 1.165) is 12.1 Å². The molecular weight excluding hydrogens is 369 g/mol. The van der Waals surface area contributed by atoms with E-state index in [1.54, 1.807) is 18.2 Å². The third-order valence-corrected chi connectivity index (χ3v) is 3.40. The molecule has 2 aromatic rings. The van der Waals surface area contributed by atoms with Crippen LogP contribution in [0.1, 0.15) is 6.42 Å². The zero-order chi connectivity index (χ0) is 19.6. The summed E-state index contributed by atoms with van der Waals surface area (Å²) in [5.41, 5.74) is -0.296. The number of anilines is 1. The normalized spacial score (nSPS) is 14.8. The van der Waals surface area contributed by atoms with Crippen molar-refractivity contribution in [1.29, 1.82) is 0 Å². The molecule has 1 fully saturated rings. The van der Waals surface area contributed by atoms with E-state index in [4.69, 9.17) is 4.74 Å². The number of hydrogen-bond acceptors (Lipinski definition) is 5. The smallest absolute Gasteiger partial charge is 0.451 e. The highest BCUT2D eigenvalue weighted by Crippen LogP contribution is 2.43. The number of imide groups is 2. The van der Waals surface area contributed by atoms with Crippen LogP contribution in [0.3, 0.4) is 0 Å². The summed E-state index contributed by atoms with van der Waals surface area (Å²) in [5, 5.41) is 1.93. The lowest BCUT2D eigenvalue weighted by molar-refractivity contribution is -0.275. The minimum Gasteiger partial charge on any atom is -0.451 e. The van der Waals surface area contributed by atoms with Crippen LogP contribution in [-0.2, 0) is 9.59 Å².